The van der Waals surface area contributed by atoms with Gasteiger partial charge in [0.15, 0.2) is 0 Å². The van der Waals surface area contributed by atoms with Crippen molar-refractivity contribution in [3.8, 4) is 0 Å². The van der Waals surface area contributed by atoms with Crippen LogP contribution in [0.1, 0.15) is 5.56 Å². The average molecular weight is 216 g/mol. The molecule has 5 nitrogen and oxygen atoms in total. The monoisotopic (exact) mass is 216 g/mol. The zero-order valence-corrected chi connectivity index (χ0v) is 8.47. The van der Waals surface area contributed by atoms with E-state index >= 15 is 0 Å². The topological polar surface area (TPSA) is 71.7 Å². The van der Waals surface area contributed by atoms with Gasteiger partial charge in [0, 0.05) is 11.6 Å². The Morgan fingerprint density at radius 1 is 1.50 bits per heavy atom. The molecule has 0 radical (unpaired) electrons. The Balaban J connectivity index is 2.86. The highest BCUT2D eigenvalue weighted by Crippen LogP contribution is 2.28. The summed E-state index contributed by atoms with van der Waals surface area (Å²) in [6, 6.07) is 5.30. The van der Waals surface area contributed by atoms with Crippen molar-refractivity contribution in [1.82, 2.24) is 4.57 Å². The predicted molar refractivity (Wildman–Crippen MR) is 57.9 cm³/mol. The quantitative estimate of drug-likeness (QED) is 0.587. The van der Waals surface area contributed by atoms with E-state index in [9.17, 15) is 9.59 Å². The number of rotatable bonds is 1. The van der Waals surface area contributed by atoms with Gasteiger partial charge < -0.3 is 5.11 Å². The normalized spacial score (nSPS) is 10.1. The molecular weight excluding hydrogens is 208 g/mol. The van der Waals surface area contributed by atoms with Crippen LogP contribution in [0.3, 0.4) is 0 Å². The van der Waals surface area contributed by atoms with Crippen LogP contribution in [0, 0.1) is 6.92 Å². The van der Waals surface area contributed by atoms with Crippen LogP contribution < -0.4 is 0 Å². The Morgan fingerprint density at radius 2 is 2.25 bits per heavy atom. The molecule has 2 rings (SSSR count). The van der Waals surface area contributed by atoms with Gasteiger partial charge in [-0.25, -0.2) is 9.59 Å². The van der Waals surface area contributed by atoms with E-state index in [-0.39, 0.29) is 0 Å². The maximum Gasteiger partial charge on any atom is 0.416 e. The Morgan fingerprint density at radius 3 is 2.88 bits per heavy atom. The standard InChI is InChI=1S/C11H8N2O3/c1-7-2-3-8-9(12-6-14)5-13(11(15)16)10(8)4-7/h2-5H,1H3,(H,15,16). The van der Waals surface area contributed by atoms with Crippen LogP contribution in [0.4, 0.5) is 10.5 Å². The number of fused-ring (bicyclic) bond motifs is 1. The number of nitrogens with zero attached hydrogens (tertiary/aromatic N) is 2. The Hall–Kier alpha value is -2.39. The van der Waals surface area contributed by atoms with Crippen molar-refractivity contribution >= 4 is 28.8 Å². The fourth-order valence-electron chi connectivity index (χ4n) is 1.62. The molecule has 0 bridgehead atoms. The molecule has 1 aromatic carbocycles. The second-order valence-electron chi connectivity index (χ2n) is 3.39. The van der Waals surface area contributed by atoms with Crippen molar-refractivity contribution in [2.75, 3.05) is 0 Å². The summed E-state index contributed by atoms with van der Waals surface area (Å²) in [5.41, 5.74) is 1.77. The molecule has 1 heterocycles. The third kappa shape index (κ3) is 1.49. The molecule has 0 atom stereocenters. The fraction of sp³-hybridized carbons (Fsp3) is 0.0909. The van der Waals surface area contributed by atoms with E-state index in [1.165, 1.54) is 12.3 Å². The van der Waals surface area contributed by atoms with Crippen LogP contribution in [0.2, 0.25) is 0 Å². The molecule has 0 amide bonds. The molecule has 1 aromatic heterocycles. The molecule has 0 unspecified atom stereocenters. The number of hydrogen-bond acceptors (Lipinski definition) is 3. The van der Waals surface area contributed by atoms with Gasteiger partial charge in [-0.2, -0.15) is 4.99 Å². The molecule has 80 valence electrons. The predicted octanol–water partition coefficient (Wildman–Crippen LogP) is 2.44. The number of benzene rings is 1. The summed E-state index contributed by atoms with van der Waals surface area (Å²) in [5.74, 6) is 0. The van der Waals surface area contributed by atoms with Gasteiger partial charge >= 0.3 is 6.09 Å². The Kier molecular flexibility index (Phi) is 2.31. The number of carbonyl (C=O) groups excluding carboxylic acids is 1. The molecule has 0 fully saturated rings. The first-order chi connectivity index (χ1) is 7.63. The van der Waals surface area contributed by atoms with Gasteiger partial charge in [-0.05, 0) is 18.6 Å². The molecule has 5 heteroatoms. The van der Waals surface area contributed by atoms with Crippen LogP contribution in [-0.4, -0.2) is 21.8 Å². The number of aliphatic imine (C=N–C) groups is 1. The van der Waals surface area contributed by atoms with Crippen molar-refractivity contribution in [2.45, 2.75) is 6.92 Å². The van der Waals surface area contributed by atoms with Gasteiger partial charge in [0.2, 0.25) is 6.08 Å². The minimum absolute atomic E-state index is 0.312. The minimum Gasteiger partial charge on any atom is -0.464 e. The summed E-state index contributed by atoms with van der Waals surface area (Å²) in [6.07, 6.45) is 1.61. The van der Waals surface area contributed by atoms with Crippen LogP contribution in [0.5, 0.6) is 0 Å². The molecular formula is C11H8N2O3. The van der Waals surface area contributed by atoms with Crippen molar-refractivity contribution in [3.05, 3.63) is 30.0 Å². The second-order valence-corrected chi connectivity index (χ2v) is 3.39. The first-order valence-electron chi connectivity index (χ1n) is 4.56. The maximum atomic E-state index is 11.0. The summed E-state index contributed by atoms with van der Waals surface area (Å²) in [4.78, 5) is 24.7. The van der Waals surface area contributed by atoms with Crippen LogP contribution in [0.15, 0.2) is 29.4 Å². The number of isocyanates is 1. The number of hydrogen-bond donors (Lipinski definition) is 1. The Labute approximate surface area is 90.6 Å². The molecule has 0 saturated carbocycles. The van der Waals surface area contributed by atoms with Gasteiger partial charge in [0.25, 0.3) is 0 Å². The van der Waals surface area contributed by atoms with Crippen LogP contribution in [-0.2, 0) is 4.79 Å². The van der Waals surface area contributed by atoms with Crippen molar-refractivity contribution in [3.63, 3.8) is 0 Å². The smallest absolute Gasteiger partial charge is 0.416 e. The van der Waals surface area contributed by atoms with E-state index < -0.39 is 6.09 Å². The molecule has 0 aliphatic carbocycles. The SMILES string of the molecule is Cc1ccc2c(N=C=O)cn(C(=O)O)c2c1. The number of carbonyl (C=O) groups is 1. The lowest BCUT2D eigenvalue weighted by Gasteiger charge is -1.98. The van der Waals surface area contributed by atoms with E-state index in [0.717, 1.165) is 10.1 Å². The summed E-state index contributed by atoms with van der Waals surface area (Å²) in [6.45, 7) is 1.86. The van der Waals surface area contributed by atoms with Gasteiger partial charge in [0.05, 0.1) is 5.52 Å². The zero-order chi connectivity index (χ0) is 11.7. The van der Waals surface area contributed by atoms with Gasteiger partial charge in [0.1, 0.15) is 5.69 Å². The van der Waals surface area contributed by atoms with Gasteiger partial charge in [-0.15, -0.1) is 0 Å². The van der Waals surface area contributed by atoms with Crippen molar-refractivity contribution < 1.29 is 14.7 Å². The summed E-state index contributed by atoms with van der Waals surface area (Å²) in [5, 5.41) is 9.60. The molecule has 16 heavy (non-hydrogen) atoms. The van der Waals surface area contributed by atoms with Crippen LogP contribution >= 0.6 is 0 Å². The van der Waals surface area contributed by atoms with E-state index in [1.54, 1.807) is 12.1 Å². The lowest BCUT2D eigenvalue weighted by molar-refractivity contribution is 0.197. The Bertz CT molecular complexity index is 621. The first kappa shape index (κ1) is 10.1. The van der Waals surface area contributed by atoms with E-state index in [1.807, 2.05) is 13.0 Å². The average Bonchev–Trinajstić information content (AvgIpc) is 2.57. The highest BCUT2D eigenvalue weighted by Gasteiger charge is 2.12. The second kappa shape index (κ2) is 3.64. The van der Waals surface area contributed by atoms with Gasteiger partial charge in [-0.3, -0.25) is 4.57 Å². The maximum absolute atomic E-state index is 11.0. The lowest BCUT2D eigenvalue weighted by atomic mass is 10.2. The highest BCUT2D eigenvalue weighted by molar-refractivity contribution is 5.97. The molecule has 0 saturated heterocycles. The number of aryl methyl sites for hydroxylation is 1. The largest absolute Gasteiger partial charge is 0.464 e. The number of aromatic nitrogens is 1. The van der Waals surface area contributed by atoms with E-state index in [0.29, 0.717) is 16.6 Å². The summed E-state index contributed by atoms with van der Waals surface area (Å²) >= 11 is 0. The van der Waals surface area contributed by atoms with Crippen LogP contribution in [0.25, 0.3) is 10.9 Å². The molecule has 0 spiro atoms. The van der Waals surface area contributed by atoms with Gasteiger partial charge in [-0.1, -0.05) is 12.1 Å². The third-order valence-electron chi connectivity index (χ3n) is 2.31. The molecule has 0 aliphatic heterocycles. The highest BCUT2D eigenvalue weighted by atomic mass is 16.4. The van der Waals surface area contributed by atoms with E-state index in [2.05, 4.69) is 4.99 Å². The third-order valence-corrected chi connectivity index (χ3v) is 2.31. The lowest BCUT2D eigenvalue weighted by Crippen LogP contribution is -2.05. The molecule has 0 aliphatic rings. The zero-order valence-electron chi connectivity index (χ0n) is 8.47. The summed E-state index contributed by atoms with van der Waals surface area (Å²) < 4.78 is 1.04. The molecule has 2 aromatic rings. The summed E-state index contributed by atoms with van der Waals surface area (Å²) in [7, 11) is 0. The van der Waals surface area contributed by atoms with Crippen molar-refractivity contribution in [2.24, 2.45) is 4.99 Å². The molecule has 1 N–H and O–H groups in total. The minimum atomic E-state index is -1.11. The number of carboxylic acid groups (broad SMARTS) is 1. The first-order valence-corrected chi connectivity index (χ1v) is 4.56. The van der Waals surface area contributed by atoms with Crippen molar-refractivity contribution in [1.29, 1.82) is 0 Å². The fourth-order valence-corrected chi connectivity index (χ4v) is 1.62. The van der Waals surface area contributed by atoms with E-state index in [4.69, 9.17) is 5.11 Å².